The van der Waals surface area contributed by atoms with Crippen molar-refractivity contribution in [2.24, 2.45) is 5.92 Å². The first-order valence-corrected chi connectivity index (χ1v) is 5.91. The molecule has 1 fully saturated rings. The molecule has 1 aromatic carbocycles. The van der Waals surface area contributed by atoms with Gasteiger partial charge >= 0.3 is 5.97 Å². The van der Waals surface area contributed by atoms with Crippen molar-refractivity contribution in [3.63, 3.8) is 0 Å². The molecule has 1 saturated heterocycles. The molecule has 1 aliphatic heterocycles. The van der Waals surface area contributed by atoms with Crippen LogP contribution >= 0.6 is 0 Å². The van der Waals surface area contributed by atoms with Crippen molar-refractivity contribution in [2.75, 3.05) is 0 Å². The summed E-state index contributed by atoms with van der Waals surface area (Å²) in [7, 11) is 0. The lowest BCUT2D eigenvalue weighted by atomic mass is 9.89. The molecule has 0 radical (unpaired) electrons. The Bertz CT molecular complexity index is 392. The van der Waals surface area contributed by atoms with Gasteiger partial charge in [-0.3, -0.25) is 10.9 Å². The van der Waals surface area contributed by atoms with Crippen molar-refractivity contribution in [2.45, 2.75) is 32.4 Å². The van der Waals surface area contributed by atoms with Crippen molar-refractivity contribution < 1.29 is 9.90 Å². The highest BCUT2D eigenvalue weighted by molar-refractivity contribution is 5.87. The Balaban J connectivity index is 2.06. The molecule has 1 aliphatic rings. The van der Waals surface area contributed by atoms with E-state index in [0.29, 0.717) is 23.6 Å². The summed E-state index contributed by atoms with van der Waals surface area (Å²) in [6, 6.07) is 8.02. The zero-order valence-corrected chi connectivity index (χ0v) is 10.1. The van der Waals surface area contributed by atoms with Crippen molar-refractivity contribution >= 4 is 5.97 Å². The molecule has 3 N–H and O–H groups in total. The van der Waals surface area contributed by atoms with Crippen LogP contribution in [0.5, 0.6) is 0 Å². The molecule has 2 rings (SSSR count). The van der Waals surface area contributed by atoms with E-state index in [9.17, 15) is 4.79 Å². The van der Waals surface area contributed by atoms with E-state index in [1.807, 2.05) is 12.1 Å². The van der Waals surface area contributed by atoms with Crippen LogP contribution in [0.25, 0.3) is 0 Å². The third kappa shape index (κ3) is 2.65. The number of hydrogen-bond donors (Lipinski definition) is 3. The third-order valence-corrected chi connectivity index (χ3v) is 3.50. The van der Waals surface area contributed by atoms with Gasteiger partial charge in [0.05, 0.1) is 5.56 Å². The van der Waals surface area contributed by atoms with Crippen LogP contribution in [0.2, 0.25) is 0 Å². The summed E-state index contributed by atoms with van der Waals surface area (Å²) in [6.07, 6.45) is 0.961. The second-order valence-corrected chi connectivity index (χ2v) is 4.74. The fourth-order valence-corrected chi connectivity index (χ4v) is 2.32. The van der Waals surface area contributed by atoms with Crippen LogP contribution in [0.1, 0.15) is 29.8 Å². The zero-order chi connectivity index (χ0) is 12.4. The van der Waals surface area contributed by atoms with E-state index < -0.39 is 5.97 Å². The maximum absolute atomic E-state index is 10.7. The molecule has 1 aromatic rings. The van der Waals surface area contributed by atoms with Crippen LogP contribution in [0, 0.1) is 5.92 Å². The number of hydrogen-bond acceptors (Lipinski definition) is 3. The summed E-state index contributed by atoms with van der Waals surface area (Å²) in [5, 5.41) is 8.82. The summed E-state index contributed by atoms with van der Waals surface area (Å²) < 4.78 is 0. The molecule has 1 heterocycles. The molecular weight excluding hydrogens is 216 g/mol. The summed E-state index contributed by atoms with van der Waals surface area (Å²) in [5.41, 5.74) is 7.98. The largest absolute Gasteiger partial charge is 0.478 e. The van der Waals surface area contributed by atoms with Crippen molar-refractivity contribution in [1.82, 2.24) is 10.9 Å². The quantitative estimate of drug-likeness (QED) is 0.740. The average molecular weight is 234 g/mol. The maximum Gasteiger partial charge on any atom is 0.335 e. The predicted octanol–water partition coefficient (Wildman–Crippen LogP) is 1.43. The SMILES string of the molecule is CC1NNC(C)C1Cc1ccc(C(=O)O)cc1. The van der Waals surface area contributed by atoms with E-state index in [1.54, 1.807) is 12.1 Å². The number of carboxylic acid groups (broad SMARTS) is 1. The van der Waals surface area contributed by atoms with Crippen LogP contribution in [-0.2, 0) is 6.42 Å². The highest BCUT2D eigenvalue weighted by Gasteiger charge is 2.29. The van der Waals surface area contributed by atoms with Crippen LogP contribution in [0.4, 0.5) is 0 Å². The fourth-order valence-electron chi connectivity index (χ4n) is 2.32. The van der Waals surface area contributed by atoms with Gasteiger partial charge in [0.15, 0.2) is 0 Å². The number of hydrazine groups is 1. The van der Waals surface area contributed by atoms with Crippen molar-refractivity contribution in [3.05, 3.63) is 35.4 Å². The molecule has 0 amide bonds. The maximum atomic E-state index is 10.7. The summed E-state index contributed by atoms with van der Waals surface area (Å²) >= 11 is 0. The zero-order valence-electron chi connectivity index (χ0n) is 10.1. The Morgan fingerprint density at radius 1 is 1.18 bits per heavy atom. The molecule has 0 saturated carbocycles. The van der Waals surface area contributed by atoms with Crippen molar-refractivity contribution in [1.29, 1.82) is 0 Å². The minimum Gasteiger partial charge on any atom is -0.478 e. The van der Waals surface area contributed by atoms with Gasteiger partial charge in [-0.25, -0.2) is 4.79 Å². The molecular formula is C13H18N2O2. The first kappa shape index (κ1) is 12.1. The Morgan fingerprint density at radius 3 is 2.18 bits per heavy atom. The number of rotatable bonds is 3. The van der Waals surface area contributed by atoms with Gasteiger partial charge in [-0.2, -0.15) is 0 Å². The van der Waals surface area contributed by atoms with Crippen LogP contribution in [-0.4, -0.2) is 23.2 Å². The smallest absolute Gasteiger partial charge is 0.335 e. The van der Waals surface area contributed by atoms with Gasteiger partial charge in [0, 0.05) is 12.1 Å². The number of nitrogens with one attached hydrogen (secondary N) is 2. The first-order chi connectivity index (χ1) is 8.08. The Hall–Kier alpha value is -1.39. The van der Waals surface area contributed by atoms with Crippen molar-refractivity contribution in [3.8, 4) is 0 Å². The monoisotopic (exact) mass is 234 g/mol. The molecule has 4 nitrogen and oxygen atoms in total. The third-order valence-electron chi connectivity index (χ3n) is 3.50. The first-order valence-electron chi connectivity index (χ1n) is 5.91. The van der Waals surface area contributed by atoms with E-state index in [2.05, 4.69) is 24.7 Å². The Labute approximate surface area is 101 Å². The standard InChI is InChI=1S/C13H18N2O2/c1-8-12(9(2)15-14-8)7-10-3-5-11(6-4-10)13(16)17/h3-6,8-9,12,14-15H,7H2,1-2H3,(H,16,17). The number of aromatic carboxylic acids is 1. The summed E-state index contributed by atoms with van der Waals surface area (Å²) in [5.74, 6) is -0.340. The van der Waals surface area contributed by atoms with Gasteiger partial charge in [0.25, 0.3) is 0 Å². The van der Waals surface area contributed by atoms with Gasteiger partial charge in [-0.1, -0.05) is 12.1 Å². The molecule has 0 aromatic heterocycles. The van der Waals surface area contributed by atoms with Gasteiger partial charge < -0.3 is 5.11 Å². The Morgan fingerprint density at radius 2 is 1.71 bits per heavy atom. The van der Waals surface area contributed by atoms with Gasteiger partial charge in [0.1, 0.15) is 0 Å². The molecule has 2 atom stereocenters. The normalized spacial score (nSPS) is 28.2. The molecule has 0 spiro atoms. The number of carbonyl (C=O) groups is 1. The second-order valence-electron chi connectivity index (χ2n) is 4.74. The molecule has 0 aliphatic carbocycles. The molecule has 17 heavy (non-hydrogen) atoms. The number of benzene rings is 1. The van der Waals surface area contributed by atoms with Crippen LogP contribution in [0.15, 0.2) is 24.3 Å². The lowest BCUT2D eigenvalue weighted by Gasteiger charge is -2.17. The highest BCUT2D eigenvalue weighted by Crippen LogP contribution is 2.20. The van der Waals surface area contributed by atoms with E-state index in [1.165, 1.54) is 5.56 Å². The predicted molar refractivity (Wildman–Crippen MR) is 65.8 cm³/mol. The second kappa shape index (κ2) is 4.85. The highest BCUT2D eigenvalue weighted by atomic mass is 16.4. The molecule has 92 valence electrons. The minimum absolute atomic E-state index is 0.345. The fraction of sp³-hybridized carbons (Fsp3) is 0.462. The number of carboxylic acids is 1. The average Bonchev–Trinajstić information content (AvgIpc) is 2.61. The lowest BCUT2D eigenvalue weighted by molar-refractivity contribution is 0.0697. The van der Waals surface area contributed by atoms with Gasteiger partial charge in [-0.05, 0) is 43.9 Å². The van der Waals surface area contributed by atoms with Crippen LogP contribution in [0.3, 0.4) is 0 Å². The summed E-state index contributed by atoms with van der Waals surface area (Å²) in [6.45, 7) is 4.32. The lowest BCUT2D eigenvalue weighted by Crippen LogP contribution is -2.30. The van der Waals surface area contributed by atoms with E-state index in [0.717, 1.165) is 6.42 Å². The van der Waals surface area contributed by atoms with Gasteiger partial charge in [-0.15, -0.1) is 0 Å². The molecule has 4 heteroatoms. The van der Waals surface area contributed by atoms with Crippen LogP contribution < -0.4 is 10.9 Å². The van der Waals surface area contributed by atoms with Gasteiger partial charge in [0.2, 0.25) is 0 Å². The van der Waals surface area contributed by atoms with E-state index in [-0.39, 0.29) is 0 Å². The Kier molecular flexibility index (Phi) is 3.45. The topological polar surface area (TPSA) is 61.4 Å². The minimum atomic E-state index is -0.873. The van der Waals surface area contributed by atoms with E-state index >= 15 is 0 Å². The summed E-state index contributed by atoms with van der Waals surface area (Å²) in [4.78, 5) is 10.7. The van der Waals surface area contributed by atoms with E-state index in [4.69, 9.17) is 5.11 Å². The molecule has 0 bridgehead atoms. The molecule has 2 unspecified atom stereocenters.